The molecule has 0 radical (unpaired) electrons. The van der Waals surface area contributed by atoms with E-state index in [2.05, 4.69) is 0 Å². The molecular weight excluding hydrogens is 194 g/mol. The maximum atomic E-state index is 9.53. The maximum Gasteiger partial charge on any atom is 0.201 e. The van der Waals surface area contributed by atoms with Crippen molar-refractivity contribution in [2.45, 2.75) is 0 Å². The van der Waals surface area contributed by atoms with Crippen LogP contribution >= 0.6 is 0 Å². The van der Waals surface area contributed by atoms with E-state index in [4.69, 9.17) is 14.9 Å². The Bertz CT molecular complexity index is 457. The van der Waals surface area contributed by atoms with Gasteiger partial charge in [-0.25, -0.2) is 0 Å². The third kappa shape index (κ3) is 1.61. The van der Waals surface area contributed by atoms with Gasteiger partial charge in [0.25, 0.3) is 0 Å². The molecule has 4 heteroatoms. The van der Waals surface area contributed by atoms with E-state index in [1.807, 2.05) is 18.2 Å². The minimum absolute atomic E-state index is 0.0285. The quantitative estimate of drug-likeness (QED) is 0.788. The second-order valence-electron chi connectivity index (χ2n) is 3.09. The van der Waals surface area contributed by atoms with E-state index >= 15 is 0 Å². The summed E-state index contributed by atoms with van der Waals surface area (Å²) in [6.45, 7) is 0. The lowest BCUT2D eigenvalue weighted by Gasteiger charge is -2.03. The van der Waals surface area contributed by atoms with E-state index in [1.165, 1.54) is 6.26 Å². The fourth-order valence-corrected chi connectivity index (χ4v) is 1.43. The molecule has 0 amide bonds. The van der Waals surface area contributed by atoms with E-state index in [0.29, 0.717) is 11.3 Å². The number of aromatic hydroxyl groups is 1. The molecular formula is C11H11NO3. The highest BCUT2D eigenvalue weighted by molar-refractivity contribution is 5.79. The molecule has 0 aliphatic heterocycles. The molecule has 1 aromatic carbocycles. The van der Waals surface area contributed by atoms with Crippen molar-refractivity contribution in [1.82, 2.24) is 0 Å². The number of hydrogen-bond acceptors (Lipinski definition) is 4. The lowest BCUT2D eigenvalue weighted by atomic mass is 10.1. The number of ether oxygens (including phenoxy) is 1. The topological polar surface area (TPSA) is 68.6 Å². The zero-order chi connectivity index (χ0) is 10.8. The number of anilines is 1. The van der Waals surface area contributed by atoms with Crippen LogP contribution in [-0.4, -0.2) is 12.2 Å². The maximum absolute atomic E-state index is 9.53. The van der Waals surface area contributed by atoms with Crippen LogP contribution in [0.4, 0.5) is 5.88 Å². The van der Waals surface area contributed by atoms with E-state index < -0.39 is 0 Å². The first-order valence-corrected chi connectivity index (χ1v) is 4.42. The van der Waals surface area contributed by atoms with Crippen molar-refractivity contribution >= 4 is 5.88 Å². The number of methoxy groups -OCH3 is 1. The predicted octanol–water partition coefficient (Wildman–Crippen LogP) is 2.24. The Labute approximate surface area is 86.9 Å². The van der Waals surface area contributed by atoms with Crippen LogP contribution in [0.25, 0.3) is 11.1 Å². The second kappa shape index (κ2) is 3.57. The molecule has 0 atom stereocenters. The van der Waals surface area contributed by atoms with Crippen LogP contribution in [0.15, 0.2) is 34.9 Å². The largest absolute Gasteiger partial charge is 0.504 e. The first-order valence-electron chi connectivity index (χ1n) is 4.42. The number of hydrogen-bond donors (Lipinski definition) is 2. The highest BCUT2D eigenvalue weighted by atomic mass is 16.5. The molecule has 15 heavy (non-hydrogen) atoms. The van der Waals surface area contributed by atoms with Gasteiger partial charge in [0.15, 0.2) is 5.75 Å². The number of benzene rings is 1. The van der Waals surface area contributed by atoms with Gasteiger partial charge in [0.05, 0.1) is 12.7 Å². The highest BCUT2D eigenvalue weighted by Crippen LogP contribution is 2.37. The number of nitrogens with two attached hydrogens (primary N) is 1. The van der Waals surface area contributed by atoms with Crippen LogP contribution in [0.1, 0.15) is 0 Å². The summed E-state index contributed by atoms with van der Waals surface area (Å²) in [6, 6.07) is 7.24. The molecule has 1 aromatic heterocycles. The Kier molecular flexibility index (Phi) is 2.25. The molecule has 4 nitrogen and oxygen atoms in total. The second-order valence-corrected chi connectivity index (χ2v) is 3.09. The van der Waals surface area contributed by atoms with Crippen LogP contribution < -0.4 is 10.5 Å². The van der Waals surface area contributed by atoms with Gasteiger partial charge in [-0.3, -0.25) is 0 Å². The van der Waals surface area contributed by atoms with Crippen LogP contribution in [0.3, 0.4) is 0 Å². The Balaban J connectivity index is 2.53. The molecule has 3 N–H and O–H groups in total. The molecule has 1 heterocycles. The zero-order valence-corrected chi connectivity index (χ0v) is 8.23. The SMILES string of the molecule is COc1cccc(-c2c(O)coc2N)c1. The van der Waals surface area contributed by atoms with Gasteiger partial charge in [-0.05, 0) is 17.7 Å². The average molecular weight is 205 g/mol. The van der Waals surface area contributed by atoms with Crippen molar-refractivity contribution in [2.75, 3.05) is 12.8 Å². The van der Waals surface area contributed by atoms with Gasteiger partial charge in [0, 0.05) is 0 Å². The Morgan fingerprint density at radius 1 is 1.40 bits per heavy atom. The van der Waals surface area contributed by atoms with Crippen molar-refractivity contribution in [3.8, 4) is 22.6 Å². The Hall–Kier alpha value is -2.10. The predicted molar refractivity (Wildman–Crippen MR) is 56.8 cm³/mol. The van der Waals surface area contributed by atoms with Crippen LogP contribution in [0, 0.1) is 0 Å². The lowest BCUT2D eigenvalue weighted by molar-refractivity contribution is 0.415. The van der Waals surface area contributed by atoms with Gasteiger partial charge < -0.3 is 20.0 Å². The summed E-state index contributed by atoms with van der Waals surface area (Å²) in [7, 11) is 1.58. The summed E-state index contributed by atoms with van der Waals surface area (Å²) in [5, 5.41) is 9.53. The lowest BCUT2D eigenvalue weighted by Crippen LogP contribution is -1.87. The monoisotopic (exact) mass is 205 g/mol. The minimum atomic E-state index is 0.0285. The number of rotatable bonds is 2. The van der Waals surface area contributed by atoms with Gasteiger partial charge in [-0.15, -0.1) is 0 Å². The molecule has 0 spiro atoms. The molecule has 0 saturated carbocycles. The molecule has 0 saturated heterocycles. The summed E-state index contributed by atoms with van der Waals surface area (Å²) < 4.78 is 9.99. The molecule has 0 bridgehead atoms. The smallest absolute Gasteiger partial charge is 0.201 e. The van der Waals surface area contributed by atoms with Crippen molar-refractivity contribution in [3.05, 3.63) is 30.5 Å². The van der Waals surface area contributed by atoms with E-state index in [9.17, 15) is 5.11 Å². The van der Waals surface area contributed by atoms with Gasteiger partial charge in [-0.2, -0.15) is 0 Å². The van der Waals surface area contributed by atoms with Gasteiger partial charge in [-0.1, -0.05) is 12.1 Å². The Morgan fingerprint density at radius 3 is 2.80 bits per heavy atom. The number of nitrogen functional groups attached to an aromatic ring is 1. The summed E-state index contributed by atoms with van der Waals surface area (Å²) in [5.74, 6) is 0.925. The first-order chi connectivity index (χ1) is 7.22. The van der Waals surface area contributed by atoms with Crippen LogP contribution in [0.5, 0.6) is 11.5 Å². The standard InChI is InChI=1S/C11H11NO3/c1-14-8-4-2-3-7(5-8)10-9(13)6-15-11(10)12/h2-6,13H,12H2,1H3. The van der Waals surface area contributed by atoms with Crippen LogP contribution in [-0.2, 0) is 0 Å². The van der Waals surface area contributed by atoms with Crippen LogP contribution in [0.2, 0.25) is 0 Å². The minimum Gasteiger partial charge on any atom is -0.504 e. The van der Waals surface area contributed by atoms with Gasteiger partial charge in [0.2, 0.25) is 5.88 Å². The van der Waals surface area contributed by atoms with Gasteiger partial charge in [0.1, 0.15) is 12.0 Å². The first kappa shape index (κ1) is 9.45. The van der Waals surface area contributed by atoms with Gasteiger partial charge >= 0.3 is 0 Å². The zero-order valence-electron chi connectivity index (χ0n) is 8.23. The fourth-order valence-electron chi connectivity index (χ4n) is 1.43. The third-order valence-corrected chi connectivity index (χ3v) is 2.16. The summed E-state index contributed by atoms with van der Waals surface area (Å²) in [6.07, 6.45) is 1.21. The van der Waals surface area contributed by atoms with Crippen molar-refractivity contribution in [2.24, 2.45) is 0 Å². The van der Waals surface area contributed by atoms with E-state index in [0.717, 1.165) is 5.56 Å². The van der Waals surface area contributed by atoms with Crippen molar-refractivity contribution in [3.63, 3.8) is 0 Å². The van der Waals surface area contributed by atoms with Crippen molar-refractivity contribution < 1.29 is 14.3 Å². The van der Waals surface area contributed by atoms with Crippen molar-refractivity contribution in [1.29, 1.82) is 0 Å². The fraction of sp³-hybridized carbons (Fsp3) is 0.0909. The summed E-state index contributed by atoms with van der Waals surface area (Å²) in [5.41, 5.74) is 6.85. The number of furan rings is 1. The summed E-state index contributed by atoms with van der Waals surface area (Å²) in [4.78, 5) is 0. The summed E-state index contributed by atoms with van der Waals surface area (Å²) >= 11 is 0. The van der Waals surface area contributed by atoms with E-state index in [-0.39, 0.29) is 11.6 Å². The highest BCUT2D eigenvalue weighted by Gasteiger charge is 2.12. The third-order valence-electron chi connectivity index (χ3n) is 2.16. The normalized spacial score (nSPS) is 10.2. The molecule has 2 aromatic rings. The molecule has 0 aliphatic carbocycles. The molecule has 0 aliphatic rings. The van der Waals surface area contributed by atoms with E-state index in [1.54, 1.807) is 13.2 Å². The molecule has 78 valence electrons. The molecule has 0 unspecified atom stereocenters. The molecule has 2 rings (SSSR count). The molecule has 0 fully saturated rings. The average Bonchev–Trinajstić information content (AvgIpc) is 2.59. The Morgan fingerprint density at radius 2 is 2.20 bits per heavy atom.